The van der Waals surface area contributed by atoms with Gasteiger partial charge in [0.2, 0.25) is 5.91 Å². The normalized spacial score (nSPS) is 10.3. The average Bonchev–Trinajstić information content (AvgIpc) is 3.02. The number of hydrogen-bond donors (Lipinski definition) is 2. The summed E-state index contributed by atoms with van der Waals surface area (Å²) in [4.78, 5) is 28.3. The summed E-state index contributed by atoms with van der Waals surface area (Å²) < 4.78 is 1.48. The molecule has 0 saturated heterocycles. The van der Waals surface area contributed by atoms with Gasteiger partial charge in [-0.1, -0.05) is 30.3 Å². The molecule has 0 bridgehead atoms. The van der Waals surface area contributed by atoms with E-state index < -0.39 is 0 Å². The number of hydrogen-bond acceptors (Lipinski definition) is 4. The monoisotopic (exact) mass is 349 g/mol. The van der Waals surface area contributed by atoms with E-state index >= 15 is 0 Å². The highest BCUT2D eigenvalue weighted by atomic mass is 16.2. The molecule has 2 amide bonds. The highest BCUT2D eigenvalue weighted by Crippen LogP contribution is 2.11. The topological polar surface area (TPSA) is 88.9 Å². The van der Waals surface area contributed by atoms with Gasteiger partial charge in [0, 0.05) is 32.1 Å². The van der Waals surface area contributed by atoms with Crippen molar-refractivity contribution in [3.63, 3.8) is 0 Å². The molecule has 2 N–H and O–H groups in total. The summed E-state index contributed by atoms with van der Waals surface area (Å²) in [6, 6.07) is 14.7. The minimum atomic E-state index is -0.305. The Kier molecular flexibility index (Phi) is 5.38. The quantitative estimate of drug-likeness (QED) is 0.712. The van der Waals surface area contributed by atoms with Crippen LogP contribution >= 0.6 is 0 Å². The van der Waals surface area contributed by atoms with Crippen LogP contribution in [0.25, 0.3) is 0 Å². The SMILES string of the molecule is Cn1nc(C(=O)NCc2ccncc2)cc1NC(=O)Cc1ccccc1. The Bertz CT molecular complexity index is 891. The summed E-state index contributed by atoms with van der Waals surface area (Å²) in [6.07, 6.45) is 3.60. The lowest BCUT2D eigenvalue weighted by atomic mass is 10.1. The van der Waals surface area contributed by atoms with Crippen molar-refractivity contribution >= 4 is 17.6 Å². The number of pyridine rings is 1. The first kappa shape index (κ1) is 17.3. The molecule has 0 aliphatic carbocycles. The summed E-state index contributed by atoms with van der Waals surface area (Å²) in [7, 11) is 1.68. The number of carbonyl (C=O) groups is 2. The van der Waals surface area contributed by atoms with E-state index in [0.717, 1.165) is 11.1 Å². The van der Waals surface area contributed by atoms with Crippen LogP contribution in [0.5, 0.6) is 0 Å². The summed E-state index contributed by atoms with van der Waals surface area (Å²) in [5.74, 6) is 0.00362. The van der Waals surface area contributed by atoms with E-state index in [1.165, 1.54) is 4.68 Å². The Labute approximate surface area is 151 Å². The van der Waals surface area contributed by atoms with Crippen molar-refractivity contribution in [2.45, 2.75) is 13.0 Å². The number of rotatable bonds is 6. The third-order valence-electron chi connectivity index (χ3n) is 3.79. The Hall–Kier alpha value is -3.48. The Morgan fingerprint density at radius 3 is 2.50 bits per heavy atom. The summed E-state index contributed by atoms with van der Waals surface area (Å²) in [5.41, 5.74) is 2.11. The van der Waals surface area contributed by atoms with E-state index in [4.69, 9.17) is 0 Å². The summed E-state index contributed by atoms with van der Waals surface area (Å²) in [5, 5.41) is 9.74. The highest BCUT2D eigenvalue weighted by Gasteiger charge is 2.14. The van der Waals surface area contributed by atoms with Gasteiger partial charge in [-0.25, -0.2) is 0 Å². The fourth-order valence-electron chi connectivity index (χ4n) is 2.44. The first-order valence-corrected chi connectivity index (χ1v) is 8.17. The van der Waals surface area contributed by atoms with Crippen LogP contribution in [-0.2, 0) is 24.8 Å². The van der Waals surface area contributed by atoms with Crippen molar-refractivity contribution in [3.05, 3.63) is 77.7 Å². The zero-order valence-electron chi connectivity index (χ0n) is 14.3. The molecule has 0 aliphatic heterocycles. The summed E-state index contributed by atoms with van der Waals surface area (Å²) >= 11 is 0. The molecule has 3 rings (SSSR count). The zero-order chi connectivity index (χ0) is 18.4. The molecular formula is C19H19N5O2. The minimum Gasteiger partial charge on any atom is -0.347 e. The van der Waals surface area contributed by atoms with E-state index in [-0.39, 0.29) is 23.9 Å². The van der Waals surface area contributed by atoms with Crippen LogP contribution in [0, 0.1) is 0 Å². The molecule has 26 heavy (non-hydrogen) atoms. The number of benzene rings is 1. The predicted octanol–water partition coefficient (Wildman–Crippen LogP) is 1.93. The van der Waals surface area contributed by atoms with Gasteiger partial charge in [0.25, 0.3) is 5.91 Å². The van der Waals surface area contributed by atoms with Crippen LogP contribution in [0.4, 0.5) is 5.82 Å². The molecule has 7 nitrogen and oxygen atoms in total. The summed E-state index contributed by atoms with van der Waals surface area (Å²) in [6.45, 7) is 0.383. The minimum absolute atomic E-state index is 0.164. The molecule has 0 aliphatic rings. The van der Waals surface area contributed by atoms with Gasteiger partial charge >= 0.3 is 0 Å². The number of carbonyl (C=O) groups excluding carboxylic acids is 2. The standard InChI is InChI=1S/C19H19N5O2/c1-24-17(22-18(25)11-14-5-3-2-4-6-14)12-16(23-24)19(26)21-13-15-7-9-20-10-8-15/h2-10,12H,11,13H2,1H3,(H,21,26)(H,22,25). The van der Waals surface area contributed by atoms with Crippen LogP contribution in [0.3, 0.4) is 0 Å². The number of anilines is 1. The van der Waals surface area contributed by atoms with Gasteiger partial charge in [0.1, 0.15) is 5.82 Å². The van der Waals surface area contributed by atoms with Crippen LogP contribution in [-0.4, -0.2) is 26.6 Å². The van der Waals surface area contributed by atoms with Gasteiger partial charge in [-0.3, -0.25) is 19.3 Å². The number of aryl methyl sites for hydroxylation is 1. The van der Waals surface area contributed by atoms with Gasteiger partial charge in [-0.15, -0.1) is 0 Å². The molecule has 0 radical (unpaired) electrons. The molecule has 2 aromatic heterocycles. The Morgan fingerprint density at radius 1 is 1.04 bits per heavy atom. The molecule has 132 valence electrons. The van der Waals surface area contributed by atoms with E-state index in [1.807, 2.05) is 42.5 Å². The molecular weight excluding hydrogens is 330 g/mol. The third-order valence-corrected chi connectivity index (χ3v) is 3.79. The third kappa shape index (κ3) is 4.54. The van der Waals surface area contributed by atoms with Crippen molar-refractivity contribution < 1.29 is 9.59 Å². The van der Waals surface area contributed by atoms with Gasteiger partial charge < -0.3 is 10.6 Å². The molecule has 7 heteroatoms. The molecule has 3 aromatic rings. The van der Waals surface area contributed by atoms with E-state index in [9.17, 15) is 9.59 Å². The Morgan fingerprint density at radius 2 is 1.77 bits per heavy atom. The van der Waals surface area contributed by atoms with Crippen LogP contribution in [0.15, 0.2) is 60.9 Å². The molecule has 0 atom stereocenters. The smallest absolute Gasteiger partial charge is 0.272 e. The first-order chi connectivity index (χ1) is 12.6. The van der Waals surface area contributed by atoms with Crippen molar-refractivity contribution in [1.82, 2.24) is 20.1 Å². The number of nitrogens with zero attached hydrogens (tertiary/aromatic N) is 3. The molecule has 0 saturated carbocycles. The lowest BCUT2D eigenvalue weighted by Gasteiger charge is -2.04. The van der Waals surface area contributed by atoms with Crippen LogP contribution in [0.2, 0.25) is 0 Å². The largest absolute Gasteiger partial charge is 0.347 e. The fraction of sp³-hybridized carbons (Fsp3) is 0.158. The number of nitrogens with one attached hydrogen (secondary N) is 2. The first-order valence-electron chi connectivity index (χ1n) is 8.17. The maximum atomic E-state index is 12.2. The van der Waals surface area contributed by atoms with Crippen molar-refractivity contribution in [2.24, 2.45) is 7.05 Å². The maximum Gasteiger partial charge on any atom is 0.272 e. The lowest BCUT2D eigenvalue weighted by molar-refractivity contribution is -0.115. The van der Waals surface area contributed by atoms with E-state index in [2.05, 4.69) is 20.7 Å². The van der Waals surface area contributed by atoms with Crippen molar-refractivity contribution in [3.8, 4) is 0 Å². The van der Waals surface area contributed by atoms with Gasteiger partial charge in [-0.2, -0.15) is 5.10 Å². The second-order valence-corrected chi connectivity index (χ2v) is 5.79. The fourth-order valence-corrected chi connectivity index (χ4v) is 2.44. The maximum absolute atomic E-state index is 12.2. The molecule has 2 heterocycles. The van der Waals surface area contributed by atoms with Crippen LogP contribution in [0.1, 0.15) is 21.6 Å². The number of aromatic nitrogens is 3. The van der Waals surface area contributed by atoms with Gasteiger partial charge in [0.05, 0.1) is 6.42 Å². The highest BCUT2D eigenvalue weighted by molar-refractivity contribution is 5.95. The van der Waals surface area contributed by atoms with Crippen molar-refractivity contribution in [2.75, 3.05) is 5.32 Å². The van der Waals surface area contributed by atoms with Crippen LogP contribution < -0.4 is 10.6 Å². The Balaban J connectivity index is 1.59. The molecule has 0 fully saturated rings. The predicted molar refractivity (Wildman–Crippen MR) is 97.4 cm³/mol. The number of amides is 2. The lowest BCUT2D eigenvalue weighted by Crippen LogP contribution is -2.23. The van der Waals surface area contributed by atoms with E-state index in [0.29, 0.717) is 12.4 Å². The zero-order valence-corrected chi connectivity index (χ0v) is 14.3. The average molecular weight is 349 g/mol. The molecule has 0 spiro atoms. The van der Waals surface area contributed by atoms with Crippen molar-refractivity contribution in [1.29, 1.82) is 0 Å². The second-order valence-electron chi connectivity index (χ2n) is 5.79. The second kappa shape index (κ2) is 8.06. The van der Waals surface area contributed by atoms with Gasteiger partial charge in [-0.05, 0) is 23.3 Å². The molecule has 1 aromatic carbocycles. The molecule has 0 unspecified atom stereocenters. The van der Waals surface area contributed by atoms with E-state index in [1.54, 1.807) is 25.5 Å². The van der Waals surface area contributed by atoms with Gasteiger partial charge in [0.15, 0.2) is 5.69 Å².